The molecule has 0 bridgehead atoms. The second kappa shape index (κ2) is 8.39. The Morgan fingerprint density at radius 2 is 1.76 bits per heavy atom. The summed E-state index contributed by atoms with van der Waals surface area (Å²) in [5.74, 6) is 0.237. The molecule has 0 aliphatic carbocycles. The summed E-state index contributed by atoms with van der Waals surface area (Å²) in [6.45, 7) is 6.63. The van der Waals surface area contributed by atoms with E-state index in [0.717, 1.165) is 43.2 Å². The summed E-state index contributed by atoms with van der Waals surface area (Å²) in [5, 5.41) is 1.94. The predicted molar refractivity (Wildman–Crippen MR) is 113 cm³/mol. The minimum Gasteiger partial charge on any atom is -0.496 e. The first kappa shape index (κ1) is 19.7. The van der Waals surface area contributed by atoms with E-state index in [0.29, 0.717) is 17.0 Å². The van der Waals surface area contributed by atoms with Gasteiger partial charge in [0.05, 0.1) is 19.2 Å². The summed E-state index contributed by atoms with van der Waals surface area (Å²) in [6.07, 6.45) is 0. The number of thiophene rings is 1. The summed E-state index contributed by atoms with van der Waals surface area (Å²) in [6, 6.07) is 11.3. The van der Waals surface area contributed by atoms with Crippen molar-refractivity contribution in [3.05, 3.63) is 57.9 Å². The first-order valence-corrected chi connectivity index (χ1v) is 10.8. The molecule has 0 N–H and O–H groups in total. The van der Waals surface area contributed by atoms with Crippen LogP contribution in [0.4, 0.5) is 0 Å². The van der Waals surface area contributed by atoms with Gasteiger partial charge in [-0.3, -0.25) is 14.5 Å². The van der Waals surface area contributed by atoms with E-state index >= 15 is 0 Å². The van der Waals surface area contributed by atoms with Crippen LogP contribution in [0.15, 0.2) is 47.5 Å². The van der Waals surface area contributed by atoms with Crippen molar-refractivity contribution in [2.24, 2.45) is 0 Å². The Labute approximate surface area is 175 Å². The molecule has 0 saturated carbocycles. The van der Waals surface area contributed by atoms with Gasteiger partial charge in [0, 0.05) is 36.6 Å². The number of likely N-dealkylation sites (N-methyl/N-ethyl adjacent to an activating group) is 1. The van der Waals surface area contributed by atoms with Gasteiger partial charge < -0.3 is 14.5 Å². The van der Waals surface area contributed by atoms with E-state index in [1.807, 2.05) is 41.8 Å². The highest BCUT2D eigenvalue weighted by atomic mass is 32.1. The molecule has 1 saturated heterocycles. The van der Waals surface area contributed by atoms with Crippen LogP contribution in [-0.2, 0) is 16.1 Å². The number of nitrogens with zero attached hydrogens (tertiary/aromatic N) is 3. The number of para-hydroxylation sites is 1. The Kier molecular flexibility index (Phi) is 5.69. The molecule has 0 atom stereocenters. The first-order valence-electron chi connectivity index (χ1n) is 9.87. The van der Waals surface area contributed by atoms with Gasteiger partial charge in [0.15, 0.2) is 0 Å². The Bertz CT molecular complexity index is 931. The van der Waals surface area contributed by atoms with Crippen LogP contribution < -0.4 is 4.74 Å². The van der Waals surface area contributed by atoms with Gasteiger partial charge in [-0.2, -0.15) is 0 Å². The molecule has 3 heterocycles. The van der Waals surface area contributed by atoms with E-state index < -0.39 is 0 Å². The fraction of sp³-hybridized carbons (Fsp3) is 0.364. The number of carbonyl (C=O) groups is 2. The number of hydrogen-bond acceptors (Lipinski definition) is 6. The lowest BCUT2D eigenvalue weighted by Crippen LogP contribution is -2.47. The van der Waals surface area contributed by atoms with Crippen molar-refractivity contribution in [2.45, 2.75) is 13.5 Å². The number of imide groups is 1. The molecule has 0 spiro atoms. The van der Waals surface area contributed by atoms with E-state index in [1.165, 1.54) is 16.2 Å². The van der Waals surface area contributed by atoms with Gasteiger partial charge in [-0.05, 0) is 24.1 Å². The Hall–Kier alpha value is -2.64. The number of ether oxygens (including phenoxy) is 1. The lowest BCUT2D eigenvalue weighted by Gasteiger charge is -2.35. The van der Waals surface area contributed by atoms with Gasteiger partial charge in [0.25, 0.3) is 11.8 Å². The molecule has 29 heavy (non-hydrogen) atoms. The van der Waals surface area contributed by atoms with E-state index in [4.69, 9.17) is 4.74 Å². The number of hydrogen-bond donors (Lipinski definition) is 0. The summed E-state index contributed by atoms with van der Waals surface area (Å²) >= 11 is 1.50. The van der Waals surface area contributed by atoms with E-state index in [-0.39, 0.29) is 18.4 Å². The van der Waals surface area contributed by atoms with E-state index in [2.05, 4.69) is 16.7 Å². The van der Waals surface area contributed by atoms with Gasteiger partial charge in [-0.15, -0.1) is 11.3 Å². The quantitative estimate of drug-likeness (QED) is 0.684. The van der Waals surface area contributed by atoms with E-state index in [9.17, 15) is 9.59 Å². The predicted octanol–water partition coefficient (Wildman–Crippen LogP) is 2.67. The Morgan fingerprint density at radius 3 is 2.41 bits per heavy atom. The smallest absolute Gasteiger partial charge is 0.278 e. The van der Waals surface area contributed by atoms with Gasteiger partial charge in [-0.25, -0.2) is 0 Å². The van der Waals surface area contributed by atoms with Crippen molar-refractivity contribution in [3.8, 4) is 5.75 Å². The second-order valence-electron chi connectivity index (χ2n) is 7.13. The maximum absolute atomic E-state index is 13.4. The maximum Gasteiger partial charge on any atom is 0.278 e. The molecular formula is C22H25N3O3S. The van der Waals surface area contributed by atoms with Crippen LogP contribution in [0.2, 0.25) is 0 Å². The minimum atomic E-state index is -0.226. The first-order chi connectivity index (χ1) is 14.1. The highest BCUT2D eigenvalue weighted by Gasteiger charge is 2.42. The largest absolute Gasteiger partial charge is 0.496 e. The van der Waals surface area contributed by atoms with Crippen molar-refractivity contribution < 1.29 is 14.3 Å². The van der Waals surface area contributed by atoms with Crippen LogP contribution in [0.5, 0.6) is 5.75 Å². The van der Waals surface area contributed by atoms with E-state index in [1.54, 1.807) is 7.11 Å². The van der Waals surface area contributed by atoms with Crippen molar-refractivity contribution >= 4 is 28.7 Å². The van der Waals surface area contributed by atoms with Crippen LogP contribution in [0.3, 0.4) is 0 Å². The molecule has 2 amide bonds. The topological polar surface area (TPSA) is 53.1 Å². The lowest BCUT2D eigenvalue weighted by atomic mass is 10.1. The second-order valence-corrected chi connectivity index (χ2v) is 8.08. The third kappa shape index (κ3) is 3.68. The van der Waals surface area contributed by atoms with Crippen LogP contribution in [0.1, 0.15) is 17.4 Å². The monoisotopic (exact) mass is 411 g/mol. The van der Waals surface area contributed by atoms with Crippen LogP contribution in [-0.4, -0.2) is 66.3 Å². The SMILES string of the molecule is CCN1CCN(C2=C(c3cccs3)C(=O)N(Cc3ccccc3OC)C2=O)CC1. The summed E-state index contributed by atoms with van der Waals surface area (Å²) in [4.78, 5) is 33.4. The molecule has 152 valence electrons. The average Bonchev–Trinajstić information content (AvgIpc) is 3.36. The molecule has 4 rings (SSSR count). The summed E-state index contributed by atoms with van der Waals surface area (Å²) < 4.78 is 5.42. The Morgan fingerprint density at radius 1 is 1.00 bits per heavy atom. The number of rotatable bonds is 6. The van der Waals surface area contributed by atoms with Crippen molar-refractivity contribution in [3.63, 3.8) is 0 Å². The maximum atomic E-state index is 13.4. The standard InChI is InChI=1S/C22H25N3O3S/c1-3-23-10-12-24(13-11-23)20-19(18-9-6-14-29-18)21(26)25(22(20)27)15-16-7-4-5-8-17(16)28-2/h4-9,14H,3,10-13,15H2,1-2H3. The Balaban J connectivity index is 1.67. The summed E-state index contributed by atoms with van der Waals surface area (Å²) in [7, 11) is 1.60. The molecule has 2 aliphatic rings. The fourth-order valence-electron chi connectivity index (χ4n) is 3.93. The molecule has 2 aliphatic heterocycles. The van der Waals surface area contributed by atoms with Gasteiger partial charge >= 0.3 is 0 Å². The van der Waals surface area contributed by atoms with Crippen molar-refractivity contribution in [2.75, 3.05) is 39.8 Å². The highest BCUT2D eigenvalue weighted by molar-refractivity contribution is 7.11. The molecule has 6 nitrogen and oxygen atoms in total. The number of benzene rings is 1. The molecular weight excluding hydrogens is 386 g/mol. The normalized spacial score (nSPS) is 18.1. The van der Waals surface area contributed by atoms with Gasteiger partial charge in [-0.1, -0.05) is 31.2 Å². The molecule has 0 radical (unpaired) electrons. The third-order valence-corrected chi connectivity index (χ3v) is 6.46. The molecule has 1 aromatic carbocycles. The van der Waals surface area contributed by atoms with Gasteiger partial charge in [0.2, 0.25) is 0 Å². The number of piperazine rings is 1. The summed E-state index contributed by atoms with van der Waals surface area (Å²) in [5.41, 5.74) is 1.90. The van der Waals surface area contributed by atoms with Crippen LogP contribution in [0, 0.1) is 0 Å². The molecule has 0 unspecified atom stereocenters. The average molecular weight is 412 g/mol. The molecule has 1 fully saturated rings. The third-order valence-electron chi connectivity index (χ3n) is 5.57. The van der Waals surface area contributed by atoms with Crippen molar-refractivity contribution in [1.29, 1.82) is 0 Å². The van der Waals surface area contributed by atoms with Crippen molar-refractivity contribution in [1.82, 2.24) is 14.7 Å². The minimum absolute atomic E-state index is 0.203. The zero-order chi connectivity index (χ0) is 20.4. The van der Waals surface area contributed by atoms with Crippen LogP contribution >= 0.6 is 11.3 Å². The number of amides is 2. The van der Waals surface area contributed by atoms with Gasteiger partial charge in [0.1, 0.15) is 11.4 Å². The lowest BCUT2D eigenvalue weighted by molar-refractivity contribution is -0.138. The zero-order valence-electron chi connectivity index (χ0n) is 16.8. The fourth-order valence-corrected chi connectivity index (χ4v) is 4.70. The zero-order valence-corrected chi connectivity index (χ0v) is 17.6. The number of carbonyl (C=O) groups excluding carboxylic acids is 2. The van der Waals surface area contributed by atoms with Crippen LogP contribution in [0.25, 0.3) is 5.57 Å². The molecule has 2 aromatic rings. The molecule has 1 aromatic heterocycles. The number of methoxy groups -OCH3 is 1. The highest BCUT2D eigenvalue weighted by Crippen LogP contribution is 2.35. The molecule has 7 heteroatoms.